The van der Waals surface area contributed by atoms with Gasteiger partial charge >= 0.3 is 0 Å². The zero-order valence-corrected chi connectivity index (χ0v) is 12.7. The van der Waals surface area contributed by atoms with Crippen molar-refractivity contribution in [1.29, 1.82) is 0 Å². The summed E-state index contributed by atoms with van der Waals surface area (Å²) in [6, 6.07) is 6.27. The quantitative estimate of drug-likeness (QED) is 0.796. The van der Waals surface area contributed by atoms with E-state index in [1.54, 1.807) is 0 Å². The summed E-state index contributed by atoms with van der Waals surface area (Å²) in [5.41, 5.74) is 2.33. The van der Waals surface area contributed by atoms with Gasteiger partial charge in [0.2, 0.25) is 11.8 Å². The maximum Gasteiger partial charge on any atom is 0.298 e. The molecule has 2 aliphatic rings. The average Bonchev–Trinajstić information content (AvgIpc) is 2.99. The van der Waals surface area contributed by atoms with Gasteiger partial charge in [0.1, 0.15) is 5.52 Å². The second kappa shape index (κ2) is 5.66. The maximum absolute atomic E-state index is 12.0. The van der Waals surface area contributed by atoms with Gasteiger partial charge in [-0.15, -0.1) is 0 Å². The van der Waals surface area contributed by atoms with Gasteiger partial charge in [0.25, 0.3) is 6.01 Å². The Morgan fingerprint density at radius 2 is 2.04 bits per heavy atom. The fourth-order valence-corrected chi connectivity index (χ4v) is 3.15. The van der Waals surface area contributed by atoms with Crippen LogP contribution in [0, 0.1) is 0 Å². The molecule has 0 radical (unpaired) electrons. The van der Waals surface area contributed by atoms with Crippen LogP contribution in [0.1, 0.15) is 24.3 Å². The number of piperazine rings is 1. The molecule has 0 aliphatic carbocycles. The molecule has 2 N–H and O–H groups in total. The summed E-state index contributed by atoms with van der Waals surface area (Å²) in [4.78, 5) is 29.9. The largest absolute Gasteiger partial charge is 0.423 e. The molecule has 1 aromatic carbocycles. The molecule has 120 valence electrons. The Morgan fingerprint density at radius 3 is 2.83 bits per heavy atom. The molecule has 2 aromatic rings. The highest BCUT2D eigenvalue weighted by atomic mass is 16.4. The van der Waals surface area contributed by atoms with E-state index in [0.29, 0.717) is 24.4 Å². The number of piperidine rings is 1. The summed E-state index contributed by atoms with van der Waals surface area (Å²) in [5, 5.41) is 5.69. The molecule has 1 atom stereocenters. The van der Waals surface area contributed by atoms with Crippen LogP contribution in [0.5, 0.6) is 0 Å². The Bertz CT molecular complexity index is 764. The molecule has 0 spiro atoms. The van der Waals surface area contributed by atoms with Crippen LogP contribution in [0.25, 0.3) is 11.1 Å². The molecule has 3 heterocycles. The highest BCUT2D eigenvalue weighted by molar-refractivity contribution is 6.01. The van der Waals surface area contributed by atoms with Gasteiger partial charge in [0.15, 0.2) is 5.58 Å². The molecule has 2 saturated heterocycles. The van der Waals surface area contributed by atoms with Crippen LogP contribution in [0.3, 0.4) is 0 Å². The molecule has 7 nitrogen and oxygen atoms in total. The fourth-order valence-electron chi connectivity index (χ4n) is 3.15. The Kier molecular flexibility index (Phi) is 3.49. The van der Waals surface area contributed by atoms with E-state index in [-0.39, 0.29) is 17.7 Å². The first kappa shape index (κ1) is 14.2. The third-order valence-electron chi connectivity index (χ3n) is 4.43. The number of aromatic nitrogens is 1. The zero-order chi connectivity index (χ0) is 15.8. The second-order valence-corrected chi connectivity index (χ2v) is 5.96. The number of carbonyl (C=O) groups excluding carboxylic acids is 2. The number of amides is 2. The number of hydrogen-bond donors (Lipinski definition) is 2. The molecule has 2 aliphatic heterocycles. The first-order valence-corrected chi connectivity index (χ1v) is 7.90. The minimum Gasteiger partial charge on any atom is -0.423 e. The number of oxazole rings is 1. The van der Waals surface area contributed by atoms with Crippen molar-refractivity contribution in [3.8, 4) is 0 Å². The van der Waals surface area contributed by atoms with Crippen molar-refractivity contribution in [2.75, 3.05) is 31.1 Å². The summed E-state index contributed by atoms with van der Waals surface area (Å²) < 4.78 is 5.88. The molecule has 1 aromatic heterocycles. The lowest BCUT2D eigenvalue weighted by atomic mass is 9.90. The number of anilines is 1. The lowest BCUT2D eigenvalue weighted by Gasteiger charge is -2.25. The number of nitrogens with zero attached hydrogens (tertiary/aromatic N) is 2. The molecule has 23 heavy (non-hydrogen) atoms. The van der Waals surface area contributed by atoms with E-state index in [1.807, 2.05) is 18.2 Å². The fraction of sp³-hybridized carbons (Fsp3) is 0.438. The number of rotatable bonds is 2. The summed E-state index contributed by atoms with van der Waals surface area (Å²) in [7, 11) is 0. The number of nitrogens with one attached hydrogen (secondary N) is 2. The maximum atomic E-state index is 12.0. The minimum atomic E-state index is -0.301. The predicted octanol–water partition coefficient (Wildman–Crippen LogP) is 0.758. The molecular weight excluding hydrogens is 296 g/mol. The number of hydrogen-bond acceptors (Lipinski definition) is 6. The van der Waals surface area contributed by atoms with Gasteiger partial charge < -0.3 is 14.6 Å². The SMILES string of the molecule is O=C1CCC(c2ccc3nc(N4CCNCC4)oc3c2)C(=O)N1. The Morgan fingerprint density at radius 1 is 1.22 bits per heavy atom. The van der Waals surface area contributed by atoms with Crippen LogP contribution in [-0.4, -0.2) is 43.0 Å². The lowest BCUT2D eigenvalue weighted by Crippen LogP contribution is -2.43. The van der Waals surface area contributed by atoms with Crippen molar-refractivity contribution >= 4 is 28.9 Å². The summed E-state index contributed by atoms with van der Waals surface area (Å²) in [5.74, 6) is -0.736. The van der Waals surface area contributed by atoms with Crippen LogP contribution < -0.4 is 15.5 Å². The van der Waals surface area contributed by atoms with Crippen molar-refractivity contribution in [2.45, 2.75) is 18.8 Å². The standard InChI is InChI=1S/C16H18N4O3/c21-14-4-2-11(15(22)19-14)10-1-3-12-13(9-10)23-16(18-12)20-7-5-17-6-8-20/h1,3,9,11,17H,2,4-8H2,(H,19,21,22). The van der Waals surface area contributed by atoms with E-state index in [9.17, 15) is 9.59 Å². The van der Waals surface area contributed by atoms with Gasteiger partial charge in [0.05, 0.1) is 5.92 Å². The topological polar surface area (TPSA) is 87.5 Å². The molecule has 1 unspecified atom stereocenters. The molecule has 0 bridgehead atoms. The van der Waals surface area contributed by atoms with Crippen molar-refractivity contribution in [3.63, 3.8) is 0 Å². The summed E-state index contributed by atoms with van der Waals surface area (Å²) in [6.45, 7) is 3.57. The first-order valence-electron chi connectivity index (χ1n) is 7.90. The highest BCUT2D eigenvalue weighted by Gasteiger charge is 2.28. The summed E-state index contributed by atoms with van der Waals surface area (Å²) >= 11 is 0. The number of fused-ring (bicyclic) bond motifs is 1. The van der Waals surface area contributed by atoms with E-state index >= 15 is 0 Å². The van der Waals surface area contributed by atoms with Crippen LogP contribution in [0.15, 0.2) is 22.6 Å². The second-order valence-electron chi connectivity index (χ2n) is 5.96. The molecule has 4 rings (SSSR count). The number of imide groups is 1. The van der Waals surface area contributed by atoms with E-state index in [0.717, 1.165) is 37.3 Å². The van der Waals surface area contributed by atoms with E-state index in [1.165, 1.54) is 0 Å². The smallest absolute Gasteiger partial charge is 0.298 e. The third-order valence-corrected chi connectivity index (χ3v) is 4.43. The van der Waals surface area contributed by atoms with E-state index < -0.39 is 0 Å². The molecule has 7 heteroatoms. The normalized spacial score (nSPS) is 22.4. The van der Waals surface area contributed by atoms with Gasteiger partial charge in [0, 0.05) is 32.6 Å². The Hall–Kier alpha value is -2.41. The van der Waals surface area contributed by atoms with Crippen LogP contribution in [0.4, 0.5) is 6.01 Å². The van der Waals surface area contributed by atoms with Crippen LogP contribution in [-0.2, 0) is 9.59 Å². The molecule has 2 amide bonds. The zero-order valence-electron chi connectivity index (χ0n) is 12.7. The monoisotopic (exact) mass is 314 g/mol. The van der Waals surface area contributed by atoms with Gasteiger partial charge in [-0.3, -0.25) is 14.9 Å². The first-order chi connectivity index (χ1) is 11.2. The third kappa shape index (κ3) is 2.68. The van der Waals surface area contributed by atoms with Gasteiger partial charge in [-0.05, 0) is 24.1 Å². The average molecular weight is 314 g/mol. The molecular formula is C16H18N4O3. The van der Waals surface area contributed by atoms with Crippen molar-refractivity contribution < 1.29 is 14.0 Å². The van der Waals surface area contributed by atoms with Crippen molar-refractivity contribution in [1.82, 2.24) is 15.6 Å². The predicted molar refractivity (Wildman–Crippen MR) is 84.2 cm³/mol. The van der Waals surface area contributed by atoms with Crippen molar-refractivity contribution in [3.05, 3.63) is 23.8 Å². The Labute approximate surface area is 133 Å². The minimum absolute atomic E-state index is 0.201. The molecule has 0 saturated carbocycles. The summed E-state index contributed by atoms with van der Waals surface area (Å²) in [6.07, 6.45) is 0.909. The highest BCUT2D eigenvalue weighted by Crippen LogP contribution is 2.29. The number of benzene rings is 1. The number of carbonyl (C=O) groups is 2. The van der Waals surface area contributed by atoms with Crippen LogP contribution >= 0.6 is 0 Å². The van der Waals surface area contributed by atoms with E-state index in [2.05, 4.69) is 20.5 Å². The molecule has 2 fully saturated rings. The van der Waals surface area contributed by atoms with Gasteiger partial charge in [-0.1, -0.05) is 6.07 Å². The van der Waals surface area contributed by atoms with Crippen molar-refractivity contribution in [2.24, 2.45) is 0 Å². The van der Waals surface area contributed by atoms with Crippen LogP contribution in [0.2, 0.25) is 0 Å². The van der Waals surface area contributed by atoms with Gasteiger partial charge in [-0.2, -0.15) is 4.98 Å². The Balaban J connectivity index is 1.62. The van der Waals surface area contributed by atoms with Gasteiger partial charge in [-0.25, -0.2) is 0 Å². The van der Waals surface area contributed by atoms with E-state index in [4.69, 9.17) is 4.42 Å². The lowest BCUT2D eigenvalue weighted by molar-refractivity contribution is -0.134.